The number of methoxy groups -OCH3 is 1. The van der Waals surface area contributed by atoms with Gasteiger partial charge in [-0.2, -0.15) is 0 Å². The van der Waals surface area contributed by atoms with Crippen molar-refractivity contribution in [1.29, 1.82) is 0 Å². The van der Waals surface area contributed by atoms with Gasteiger partial charge in [-0.05, 0) is 36.6 Å². The van der Waals surface area contributed by atoms with Gasteiger partial charge in [0.25, 0.3) is 0 Å². The molecule has 0 bridgehead atoms. The zero-order valence-corrected chi connectivity index (χ0v) is 16.0. The van der Waals surface area contributed by atoms with Crippen LogP contribution in [0.2, 0.25) is 0 Å². The molecule has 27 heavy (non-hydrogen) atoms. The molecule has 1 unspecified atom stereocenters. The second kappa shape index (κ2) is 7.70. The summed E-state index contributed by atoms with van der Waals surface area (Å²) in [5.74, 6) is 2.00. The lowest BCUT2D eigenvalue weighted by molar-refractivity contribution is -0.120. The third-order valence-electron chi connectivity index (χ3n) is 5.56. The summed E-state index contributed by atoms with van der Waals surface area (Å²) >= 11 is 0. The molecule has 0 radical (unpaired) electrons. The van der Waals surface area contributed by atoms with Crippen LogP contribution in [0.1, 0.15) is 23.9 Å². The third kappa shape index (κ3) is 3.57. The number of aromatic nitrogens is 2. The standard InChI is InChI=1S/C20H27N5O2/c1-23-10-8-22-20(23)18-13-21-7-11-24(18)14-19(26)25-9-3-4-15-12-16(27-2)5-6-17(15)25/h5-6,8,10,12,18,21H,3-4,7,9,11,13-14H2,1-2H3. The Labute approximate surface area is 159 Å². The molecule has 2 aromatic rings. The monoisotopic (exact) mass is 369 g/mol. The smallest absolute Gasteiger partial charge is 0.241 e. The van der Waals surface area contributed by atoms with Crippen molar-refractivity contribution in [2.24, 2.45) is 7.05 Å². The van der Waals surface area contributed by atoms with Crippen LogP contribution in [0.3, 0.4) is 0 Å². The number of nitrogens with zero attached hydrogens (tertiary/aromatic N) is 4. The van der Waals surface area contributed by atoms with Crippen molar-refractivity contribution >= 4 is 11.6 Å². The Morgan fingerprint density at radius 3 is 3.04 bits per heavy atom. The number of hydrogen-bond donors (Lipinski definition) is 1. The van der Waals surface area contributed by atoms with Gasteiger partial charge in [-0.3, -0.25) is 9.69 Å². The van der Waals surface area contributed by atoms with Crippen LogP contribution in [0.5, 0.6) is 5.75 Å². The van der Waals surface area contributed by atoms with E-state index in [1.54, 1.807) is 7.11 Å². The molecule has 2 aliphatic heterocycles. The van der Waals surface area contributed by atoms with Crippen molar-refractivity contribution in [1.82, 2.24) is 19.8 Å². The van der Waals surface area contributed by atoms with Crippen LogP contribution in [0.4, 0.5) is 5.69 Å². The predicted octanol–water partition coefficient (Wildman–Crippen LogP) is 1.35. The molecule has 2 aliphatic rings. The number of aryl methyl sites for hydroxylation is 2. The number of rotatable bonds is 4. The molecule has 7 heteroatoms. The Morgan fingerprint density at radius 2 is 2.26 bits per heavy atom. The molecule has 0 saturated carbocycles. The molecular formula is C20H27N5O2. The minimum absolute atomic E-state index is 0.114. The van der Waals surface area contributed by atoms with Gasteiger partial charge in [0.1, 0.15) is 11.6 Å². The Hall–Kier alpha value is -2.38. The average molecular weight is 369 g/mol. The summed E-state index contributed by atoms with van der Waals surface area (Å²) in [6.07, 6.45) is 5.74. The van der Waals surface area contributed by atoms with E-state index in [0.717, 1.165) is 56.3 Å². The van der Waals surface area contributed by atoms with Gasteiger partial charge < -0.3 is 19.5 Å². The number of imidazole rings is 1. The molecule has 3 heterocycles. The highest BCUT2D eigenvalue weighted by Crippen LogP contribution is 2.31. The number of carbonyl (C=O) groups is 1. The normalized spacial score (nSPS) is 20.4. The topological polar surface area (TPSA) is 62.6 Å². The van der Waals surface area contributed by atoms with Gasteiger partial charge in [0.05, 0.1) is 19.7 Å². The fourth-order valence-electron chi connectivity index (χ4n) is 4.11. The highest BCUT2D eigenvalue weighted by Gasteiger charge is 2.31. The molecule has 4 rings (SSSR count). The maximum atomic E-state index is 13.2. The van der Waals surface area contributed by atoms with Crippen LogP contribution in [0, 0.1) is 0 Å². The van der Waals surface area contributed by atoms with Crippen LogP contribution in [0.25, 0.3) is 0 Å². The van der Waals surface area contributed by atoms with E-state index in [4.69, 9.17) is 4.74 Å². The third-order valence-corrected chi connectivity index (χ3v) is 5.56. The lowest BCUT2D eigenvalue weighted by Gasteiger charge is -2.37. The van der Waals surface area contributed by atoms with E-state index in [9.17, 15) is 4.79 Å². The first-order valence-electron chi connectivity index (χ1n) is 9.56. The number of hydrogen-bond acceptors (Lipinski definition) is 5. The number of nitrogens with one attached hydrogen (secondary N) is 1. The molecule has 1 aromatic heterocycles. The lowest BCUT2D eigenvalue weighted by atomic mass is 10.0. The Bertz CT molecular complexity index is 818. The number of ether oxygens (including phenoxy) is 1. The number of anilines is 1. The molecule has 144 valence electrons. The van der Waals surface area contributed by atoms with Crippen LogP contribution < -0.4 is 15.0 Å². The van der Waals surface area contributed by atoms with E-state index in [1.165, 1.54) is 5.56 Å². The van der Waals surface area contributed by atoms with E-state index in [0.29, 0.717) is 6.54 Å². The summed E-state index contributed by atoms with van der Waals surface area (Å²) in [5, 5.41) is 3.43. The SMILES string of the molecule is COc1ccc2c(c1)CCCN2C(=O)CN1CCNCC1c1nccn1C. The van der Waals surface area contributed by atoms with E-state index in [-0.39, 0.29) is 11.9 Å². The Kier molecular flexibility index (Phi) is 5.13. The number of benzene rings is 1. The highest BCUT2D eigenvalue weighted by atomic mass is 16.5. The highest BCUT2D eigenvalue weighted by molar-refractivity contribution is 5.96. The first-order valence-corrected chi connectivity index (χ1v) is 9.56. The summed E-state index contributed by atoms with van der Waals surface area (Å²) in [6, 6.07) is 6.12. The Morgan fingerprint density at radius 1 is 1.37 bits per heavy atom. The van der Waals surface area contributed by atoms with E-state index in [1.807, 2.05) is 41.0 Å². The molecular weight excluding hydrogens is 342 g/mol. The van der Waals surface area contributed by atoms with Crippen molar-refractivity contribution in [3.8, 4) is 5.75 Å². The number of amides is 1. The molecule has 0 spiro atoms. The van der Waals surface area contributed by atoms with Gasteiger partial charge in [0.2, 0.25) is 5.91 Å². The molecule has 1 amide bonds. The number of carbonyl (C=O) groups excluding carboxylic acids is 1. The average Bonchev–Trinajstić information content (AvgIpc) is 3.13. The van der Waals surface area contributed by atoms with E-state index >= 15 is 0 Å². The zero-order valence-electron chi connectivity index (χ0n) is 16.0. The molecule has 0 aliphatic carbocycles. The van der Waals surface area contributed by atoms with Gasteiger partial charge in [-0.25, -0.2) is 4.98 Å². The van der Waals surface area contributed by atoms with Crippen molar-refractivity contribution in [3.05, 3.63) is 42.0 Å². The van der Waals surface area contributed by atoms with Crippen molar-refractivity contribution in [3.63, 3.8) is 0 Å². The largest absolute Gasteiger partial charge is 0.497 e. The number of piperazine rings is 1. The van der Waals surface area contributed by atoms with Gasteiger partial charge >= 0.3 is 0 Å². The summed E-state index contributed by atoms with van der Waals surface area (Å²) in [4.78, 5) is 21.9. The fraction of sp³-hybridized carbons (Fsp3) is 0.500. The summed E-state index contributed by atoms with van der Waals surface area (Å²) in [5.41, 5.74) is 2.21. The van der Waals surface area contributed by atoms with Gasteiger partial charge in [0, 0.05) is 51.3 Å². The quantitative estimate of drug-likeness (QED) is 0.882. The van der Waals surface area contributed by atoms with Crippen LogP contribution in [-0.2, 0) is 18.3 Å². The second-order valence-electron chi connectivity index (χ2n) is 7.23. The minimum Gasteiger partial charge on any atom is -0.497 e. The molecule has 1 fully saturated rings. The molecule has 1 atom stereocenters. The van der Waals surface area contributed by atoms with Gasteiger partial charge in [-0.15, -0.1) is 0 Å². The lowest BCUT2D eigenvalue weighted by Crippen LogP contribution is -2.51. The van der Waals surface area contributed by atoms with Crippen molar-refractivity contribution in [2.45, 2.75) is 18.9 Å². The Balaban J connectivity index is 1.53. The van der Waals surface area contributed by atoms with E-state index < -0.39 is 0 Å². The van der Waals surface area contributed by atoms with Crippen molar-refractivity contribution in [2.75, 3.05) is 44.7 Å². The molecule has 7 nitrogen and oxygen atoms in total. The summed E-state index contributed by atoms with van der Waals surface area (Å²) in [7, 11) is 3.68. The number of fused-ring (bicyclic) bond motifs is 1. The second-order valence-corrected chi connectivity index (χ2v) is 7.23. The van der Waals surface area contributed by atoms with Crippen LogP contribution in [-0.4, -0.2) is 60.2 Å². The van der Waals surface area contributed by atoms with E-state index in [2.05, 4.69) is 21.3 Å². The van der Waals surface area contributed by atoms with Crippen LogP contribution in [0.15, 0.2) is 30.6 Å². The maximum absolute atomic E-state index is 13.2. The summed E-state index contributed by atoms with van der Waals surface area (Å²) in [6.45, 7) is 3.72. The molecule has 1 saturated heterocycles. The molecule has 1 aromatic carbocycles. The predicted molar refractivity (Wildman–Crippen MR) is 104 cm³/mol. The molecule has 1 N–H and O–H groups in total. The zero-order chi connectivity index (χ0) is 18.8. The van der Waals surface area contributed by atoms with Crippen molar-refractivity contribution < 1.29 is 9.53 Å². The first kappa shape index (κ1) is 18.0. The van der Waals surface area contributed by atoms with Crippen LogP contribution >= 0.6 is 0 Å². The van der Waals surface area contributed by atoms with Gasteiger partial charge in [0.15, 0.2) is 0 Å². The van der Waals surface area contributed by atoms with Gasteiger partial charge in [-0.1, -0.05) is 0 Å². The summed E-state index contributed by atoms with van der Waals surface area (Å²) < 4.78 is 7.38. The minimum atomic E-state index is 0.114. The fourth-order valence-corrected chi connectivity index (χ4v) is 4.11. The maximum Gasteiger partial charge on any atom is 0.241 e. The first-order chi connectivity index (χ1) is 13.2.